The summed E-state index contributed by atoms with van der Waals surface area (Å²) >= 11 is 0. The van der Waals surface area contributed by atoms with Crippen LogP contribution in [0.2, 0.25) is 0 Å². The van der Waals surface area contributed by atoms with E-state index in [1.165, 1.54) is 0 Å². The second kappa shape index (κ2) is 7.82. The van der Waals surface area contributed by atoms with Crippen molar-refractivity contribution in [1.82, 2.24) is 4.90 Å². The van der Waals surface area contributed by atoms with Gasteiger partial charge in [0.25, 0.3) is 0 Å². The van der Waals surface area contributed by atoms with Gasteiger partial charge in [0, 0.05) is 37.4 Å². The number of nitrogens with one attached hydrogen (secondary N) is 1. The normalized spacial score (nSPS) is 23.2. The maximum Gasteiger partial charge on any atom is 0.321 e. The molecule has 0 saturated carbocycles. The molecule has 0 aliphatic carbocycles. The van der Waals surface area contributed by atoms with Gasteiger partial charge in [0.1, 0.15) is 11.9 Å². The third-order valence-corrected chi connectivity index (χ3v) is 5.30. The molecule has 3 fully saturated rings. The van der Waals surface area contributed by atoms with Crippen LogP contribution >= 0.6 is 0 Å². The Hall–Kier alpha value is -1.83. The van der Waals surface area contributed by atoms with Gasteiger partial charge in [-0.3, -0.25) is 0 Å². The lowest BCUT2D eigenvalue weighted by atomic mass is 9.80. The topological polar surface area (TPSA) is 69.3 Å². The molecule has 142 valence electrons. The molecule has 1 aromatic carbocycles. The van der Waals surface area contributed by atoms with Crippen molar-refractivity contribution >= 4 is 11.7 Å². The molecule has 3 saturated heterocycles. The number of carbonyl (C=O) groups is 1. The second-order valence-corrected chi connectivity index (χ2v) is 7.32. The van der Waals surface area contributed by atoms with Crippen molar-refractivity contribution in [2.75, 3.05) is 58.0 Å². The molecule has 3 aliphatic rings. The zero-order valence-electron chi connectivity index (χ0n) is 14.9. The van der Waals surface area contributed by atoms with Crippen LogP contribution in [0.1, 0.15) is 12.8 Å². The molecule has 0 atom stereocenters. The van der Waals surface area contributed by atoms with Crippen molar-refractivity contribution < 1.29 is 23.7 Å². The van der Waals surface area contributed by atoms with E-state index in [-0.39, 0.29) is 17.6 Å². The summed E-state index contributed by atoms with van der Waals surface area (Å²) in [6.45, 7) is 5.37. The highest BCUT2D eigenvalue weighted by Crippen LogP contribution is 2.33. The van der Waals surface area contributed by atoms with Crippen molar-refractivity contribution in [3.05, 3.63) is 24.3 Å². The number of amides is 2. The predicted octanol–water partition coefficient (Wildman–Crippen LogP) is 2.13. The molecule has 2 amide bonds. The SMILES string of the molecule is O=C(Nc1ccc(OC2COC2)cc1)N1CCOCC2(CCOCC2)C1. The fourth-order valence-corrected chi connectivity index (χ4v) is 3.57. The number of rotatable bonds is 3. The van der Waals surface area contributed by atoms with Gasteiger partial charge in [0.05, 0.1) is 26.4 Å². The molecule has 0 aromatic heterocycles. The minimum Gasteiger partial charge on any atom is -0.486 e. The zero-order chi connectivity index (χ0) is 17.8. The Morgan fingerprint density at radius 3 is 2.54 bits per heavy atom. The zero-order valence-corrected chi connectivity index (χ0v) is 14.9. The lowest BCUT2D eigenvalue weighted by Crippen LogP contribution is -2.46. The monoisotopic (exact) mass is 362 g/mol. The fraction of sp³-hybridized carbons (Fsp3) is 0.632. The Bertz CT molecular complexity index is 611. The molecule has 4 rings (SSSR count). The Morgan fingerprint density at radius 1 is 1.08 bits per heavy atom. The summed E-state index contributed by atoms with van der Waals surface area (Å²) in [5.74, 6) is 0.792. The second-order valence-electron chi connectivity index (χ2n) is 7.32. The Labute approximate surface area is 153 Å². The van der Waals surface area contributed by atoms with Gasteiger partial charge in [-0.15, -0.1) is 0 Å². The standard InChI is InChI=1S/C19H26N2O5/c22-18(20-15-1-3-16(4-2-15)26-17-11-25-12-17)21-7-10-24-14-19(13-21)5-8-23-9-6-19/h1-4,17H,5-14H2,(H,20,22). The molecule has 3 aliphatic heterocycles. The van der Waals surface area contributed by atoms with Gasteiger partial charge >= 0.3 is 6.03 Å². The highest BCUT2D eigenvalue weighted by Gasteiger charge is 2.38. The first-order valence-corrected chi connectivity index (χ1v) is 9.28. The first-order chi connectivity index (χ1) is 12.7. The summed E-state index contributed by atoms with van der Waals surface area (Å²) in [6.07, 6.45) is 2.02. The van der Waals surface area contributed by atoms with Crippen molar-refractivity contribution in [2.45, 2.75) is 18.9 Å². The molecule has 0 radical (unpaired) electrons. The van der Waals surface area contributed by atoms with Crippen LogP contribution in [-0.4, -0.2) is 69.8 Å². The predicted molar refractivity (Wildman–Crippen MR) is 95.6 cm³/mol. The van der Waals surface area contributed by atoms with Gasteiger partial charge in [-0.2, -0.15) is 0 Å². The first-order valence-electron chi connectivity index (χ1n) is 9.28. The lowest BCUT2D eigenvalue weighted by Gasteiger charge is -2.38. The van der Waals surface area contributed by atoms with Crippen LogP contribution < -0.4 is 10.1 Å². The van der Waals surface area contributed by atoms with Gasteiger partial charge in [0.2, 0.25) is 0 Å². The van der Waals surface area contributed by atoms with Gasteiger partial charge in [-0.05, 0) is 37.1 Å². The summed E-state index contributed by atoms with van der Waals surface area (Å²) in [5, 5.41) is 2.99. The average molecular weight is 362 g/mol. The number of ether oxygens (including phenoxy) is 4. The van der Waals surface area contributed by atoms with E-state index in [0.29, 0.717) is 39.5 Å². The van der Waals surface area contributed by atoms with E-state index in [0.717, 1.165) is 37.5 Å². The molecule has 0 bridgehead atoms. The molecule has 1 N–H and O–H groups in total. The molecular formula is C19H26N2O5. The smallest absolute Gasteiger partial charge is 0.321 e. The molecule has 7 nitrogen and oxygen atoms in total. The van der Waals surface area contributed by atoms with Crippen LogP contribution in [0, 0.1) is 5.41 Å². The van der Waals surface area contributed by atoms with Gasteiger partial charge < -0.3 is 29.2 Å². The number of benzene rings is 1. The van der Waals surface area contributed by atoms with E-state index in [9.17, 15) is 4.79 Å². The lowest BCUT2D eigenvalue weighted by molar-refractivity contribution is -0.0796. The van der Waals surface area contributed by atoms with Gasteiger partial charge in [0.15, 0.2) is 0 Å². The highest BCUT2D eigenvalue weighted by atomic mass is 16.6. The van der Waals surface area contributed by atoms with Crippen LogP contribution in [-0.2, 0) is 14.2 Å². The largest absolute Gasteiger partial charge is 0.486 e. The first kappa shape index (κ1) is 17.6. The molecule has 1 spiro atoms. The number of nitrogens with zero attached hydrogens (tertiary/aromatic N) is 1. The average Bonchev–Trinajstić information content (AvgIpc) is 2.83. The minimum atomic E-state index is -0.0811. The fourth-order valence-electron chi connectivity index (χ4n) is 3.57. The van der Waals surface area contributed by atoms with Gasteiger partial charge in [-0.1, -0.05) is 0 Å². The maximum atomic E-state index is 12.7. The van der Waals surface area contributed by atoms with Crippen LogP contribution in [0.5, 0.6) is 5.75 Å². The molecule has 1 aromatic rings. The molecule has 26 heavy (non-hydrogen) atoms. The summed E-state index contributed by atoms with van der Waals surface area (Å²) in [7, 11) is 0. The summed E-state index contributed by atoms with van der Waals surface area (Å²) < 4.78 is 22.1. The molecule has 3 heterocycles. The number of anilines is 1. The summed E-state index contributed by atoms with van der Waals surface area (Å²) in [5.41, 5.74) is 0.785. The van der Waals surface area contributed by atoms with E-state index >= 15 is 0 Å². The quantitative estimate of drug-likeness (QED) is 0.892. The van der Waals surface area contributed by atoms with Gasteiger partial charge in [-0.25, -0.2) is 4.79 Å². The number of hydrogen-bond acceptors (Lipinski definition) is 5. The van der Waals surface area contributed by atoms with Crippen molar-refractivity contribution in [3.63, 3.8) is 0 Å². The Kier molecular flexibility index (Phi) is 5.28. The van der Waals surface area contributed by atoms with Crippen molar-refractivity contribution in [3.8, 4) is 5.75 Å². The van der Waals surface area contributed by atoms with E-state index in [4.69, 9.17) is 18.9 Å². The van der Waals surface area contributed by atoms with E-state index < -0.39 is 0 Å². The number of carbonyl (C=O) groups excluding carboxylic acids is 1. The minimum absolute atomic E-state index is 0.0225. The summed E-state index contributed by atoms with van der Waals surface area (Å²) in [4.78, 5) is 14.6. The van der Waals surface area contributed by atoms with E-state index in [1.54, 1.807) is 0 Å². The Morgan fingerprint density at radius 2 is 1.85 bits per heavy atom. The molecular weight excluding hydrogens is 336 g/mol. The van der Waals surface area contributed by atoms with E-state index in [1.807, 2.05) is 29.2 Å². The van der Waals surface area contributed by atoms with Crippen LogP contribution in [0.4, 0.5) is 10.5 Å². The van der Waals surface area contributed by atoms with Crippen LogP contribution in [0.3, 0.4) is 0 Å². The third-order valence-electron chi connectivity index (χ3n) is 5.30. The maximum absolute atomic E-state index is 12.7. The molecule has 0 unspecified atom stereocenters. The Balaban J connectivity index is 1.35. The van der Waals surface area contributed by atoms with Crippen molar-refractivity contribution in [1.29, 1.82) is 0 Å². The van der Waals surface area contributed by atoms with Crippen molar-refractivity contribution in [2.24, 2.45) is 5.41 Å². The highest BCUT2D eigenvalue weighted by molar-refractivity contribution is 5.89. The van der Waals surface area contributed by atoms with E-state index in [2.05, 4.69) is 5.32 Å². The van der Waals surface area contributed by atoms with Crippen LogP contribution in [0.25, 0.3) is 0 Å². The van der Waals surface area contributed by atoms with Crippen LogP contribution in [0.15, 0.2) is 24.3 Å². The third kappa shape index (κ3) is 4.11. The molecule has 7 heteroatoms. The number of urea groups is 1. The number of hydrogen-bond donors (Lipinski definition) is 1. The summed E-state index contributed by atoms with van der Waals surface area (Å²) in [6, 6.07) is 7.40.